The molecule has 0 unspecified atom stereocenters. The third-order valence-corrected chi connectivity index (χ3v) is 17.0. The third-order valence-electron chi connectivity index (χ3n) is 17.0. The van der Waals surface area contributed by atoms with Gasteiger partial charge < -0.3 is 129 Å². The molecule has 0 saturated carbocycles. The van der Waals surface area contributed by atoms with E-state index in [4.69, 9.17) is 34.4 Å². The lowest BCUT2D eigenvalue weighted by molar-refractivity contribution is -0.145. The van der Waals surface area contributed by atoms with E-state index < -0.39 is 280 Å². The van der Waals surface area contributed by atoms with E-state index in [1.807, 2.05) is 0 Å². The molecule has 44 heteroatoms. The van der Waals surface area contributed by atoms with Gasteiger partial charge in [0.25, 0.3) is 0 Å². The van der Waals surface area contributed by atoms with Crippen LogP contribution in [0, 0.1) is 11.8 Å². The molecule has 0 radical (unpaired) electrons. The summed E-state index contributed by atoms with van der Waals surface area (Å²) in [6, 6.07) is -13.2. The molecule has 2 rings (SSSR count). The van der Waals surface area contributed by atoms with Crippen molar-refractivity contribution in [2.45, 2.75) is 203 Å². The van der Waals surface area contributed by atoms with Gasteiger partial charge in [-0.15, -0.1) is 0 Å². The largest absolute Gasteiger partial charge is 0.481 e. The molecular formula is C66H104N20O24. The average Bonchev–Trinajstić information content (AvgIpc) is 1.64. The van der Waals surface area contributed by atoms with E-state index in [0.717, 1.165) is 4.90 Å². The van der Waals surface area contributed by atoms with Crippen LogP contribution in [0.4, 0.5) is 0 Å². The van der Waals surface area contributed by atoms with Crippen LogP contribution in [0.2, 0.25) is 0 Å². The topological polar surface area (TPSA) is 738 Å². The second kappa shape index (κ2) is 48.0. The number of amides is 18. The summed E-state index contributed by atoms with van der Waals surface area (Å²) in [6.45, 7) is 3.40. The SMILES string of the molecule is CC[C@H](C)[C@H](NC(=O)[C@@H](N)CC(=O)O)C(=O)N[C@@H](CCCCN)C(=O)N[C@H](C(=O)N[C@@H](CCC(N)=O)C(=O)N[C@@H](Cc1ccccc1)C(=O)N[C@@H](CCC(N)=O)C(=O)N[C@@H](CO)C(=O)NCC(=O)NCC(=O)N[C@@H](CC(N)=O)C(=O)N[C@@H](CC(N)=O)C(=O)N[C@@H](CO)C(=O)N1CCC[C@H]1C(=O)N[C@@H](C)C(=O)O)C(C)C. The number of nitrogens with zero attached hydrogens (tertiary/aromatic N) is 1. The summed E-state index contributed by atoms with van der Waals surface area (Å²) in [7, 11) is 0. The number of carbonyl (C=O) groups is 20. The molecule has 0 aliphatic carbocycles. The van der Waals surface area contributed by atoms with Crippen molar-refractivity contribution in [1.29, 1.82) is 0 Å². The van der Waals surface area contributed by atoms with Crippen molar-refractivity contribution in [3.8, 4) is 0 Å². The smallest absolute Gasteiger partial charge is 0.325 e. The Hall–Kier alpha value is -11.5. The minimum absolute atomic E-state index is 0.0381. The zero-order valence-electron chi connectivity index (χ0n) is 61.6. The van der Waals surface area contributed by atoms with E-state index in [0.29, 0.717) is 18.4 Å². The molecule has 29 N–H and O–H groups in total. The normalized spacial score (nSPS) is 15.9. The summed E-state index contributed by atoms with van der Waals surface area (Å²) in [4.78, 5) is 263. The van der Waals surface area contributed by atoms with Crippen LogP contribution in [0.1, 0.15) is 124 Å². The molecule has 1 aromatic rings. The van der Waals surface area contributed by atoms with Gasteiger partial charge in [-0.05, 0) is 75.8 Å². The Balaban J connectivity index is 2.32. The molecule has 612 valence electrons. The Morgan fingerprint density at radius 3 is 1.44 bits per heavy atom. The molecule has 1 heterocycles. The monoisotopic (exact) mass is 1560 g/mol. The zero-order valence-corrected chi connectivity index (χ0v) is 61.6. The molecule has 1 aliphatic heterocycles. The van der Waals surface area contributed by atoms with Crippen molar-refractivity contribution in [2.75, 3.05) is 39.4 Å². The molecule has 0 aromatic heterocycles. The van der Waals surface area contributed by atoms with Crippen LogP contribution >= 0.6 is 0 Å². The van der Waals surface area contributed by atoms with Crippen LogP contribution in [-0.2, 0) is 102 Å². The Kier molecular flexibility index (Phi) is 41.2. The van der Waals surface area contributed by atoms with Gasteiger partial charge in [-0.25, -0.2) is 0 Å². The maximum absolute atomic E-state index is 14.5. The van der Waals surface area contributed by atoms with Crippen LogP contribution in [0.3, 0.4) is 0 Å². The van der Waals surface area contributed by atoms with Gasteiger partial charge in [0, 0.05) is 25.8 Å². The molecule has 1 fully saturated rings. The van der Waals surface area contributed by atoms with Crippen molar-refractivity contribution in [3.63, 3.8) is 0 Å². The third kappa shape index (κ3) is 33.7. The number of carboxylic acid groups (broad SMARTS) is 2. The van der Waals surface area contributed by atoms with Gasteiger partial charge in [0.15, 0.2) is 0 Å². The fraction of sp³-hybridized carbons (Fsp3) is 0.606. The van der Waals surface area contributed by atoms with Gasteiger partial charge in [-0.3, -0.25) is 95.9 Å². The molecule has 1 aromatic carbocycles. The zero-order chi connectivity index (χ0) is 83.2. The number of rotatable bonds is 51. The number of primary amides is 4. The van der Waals surface area contributed by atoms with Crippen molar-refractivity contribution in [3.05, 3.63) is 35.9 Å². The van der Waals surface area contributed by atoms with E-state index in [1.54, 1.807) is 44.2 Å². The quantitative estimate of drug-likeness (QED) is 0.0269. The minimum Gasteiger partial charge on any atom is -0.481 e. The molecule has 44 nitrogen and oxygen atoms in total. The first-order valence-electron chi connectivity index (χ1n) is 35.2. The summed E-state index contributed by atoms with van der Waals surface area (Å²) in [5.74, 6) is -23.8. The summed E-state index contributed by atoms with van der Waals surface area (Å²) in [6.07, 6.45) is -3.99. The number of aliphatic hydroxyl groups is 2. The first-order chi connectivity index (χ1) is 51.7. The molecule has 0 bridgehead atoms. The maximum atomic E-state index is 14.5. The maximum Gasteiger partial charge on any atom is 0.325 e. The number of benzene rings is 1. The second-order valence-corrected chi connectivity index (χ2v) is 26.3. The molecule has 1 saturated heterocycles. The second-order valence-electron chi connectivity index (χ2n) is 26.3. The highest BCUT2D eigenvalue weighted by Gasteiger charge is 2.41. The predicted molar refractivity (Wildman–Crippen MR) is 382 cm³/mol. The van der Waals surface area contributed by atoms with Gasteiger partial charge in [0.2, 0.25) is 106 Å². The molecule has 18 amide bonds. The first-order valence-corrected chi connectivity index (χ1v) is 35.2. The van der Waals surface area contributed by atoms with Gasteiger partial charge in [0.05, 0.1) is 51.6 Å². The van der Waals surface area contributed by atoms with Crippen molar-refractivity contribution < 1.29 is 116 Å². The van der Waals surface area contributed by atoms with E-state index in [1.165, 1.54) is 20.8 Å². The molecule has 110 heavy (non-hydrogen) atoms. The number of aliphatic carboxylic acids is 2. The predicted octanol–water partition coefficient (Wildman–Crippen LogP) is -11.2. The van der Waals surface area contributed by atoms with Crippen molar-refractivity contribution in [2.24, 2.45) is 46.2 Å². The van der Waals surface area contributed by atoms with Gasteiger partial charge in [-0.2, -0.15) is 0 Å². The molecule has 0 spiro atoms. The van der Waals surface area contributed by atoms with Crippen LogP contribution in [-0.4, -0.2) is 262 Å². The molecule has 14 atom stereocenters. The number of nitrogens with one attached hydrogen (secondary N) is 13. The highest BCUT2D eigenvalue weighted by molar-refractivity contribution is 6.01. The Morgan fingerprint density at radius 1 is 0.482 bits per heavy atom. The van der Waals surface area contributed by atoms with Crippen LogP contribution in [0.5, 0.6) is 0 Å². The number of unbranched alkanes of at least 4 members (excludes halogenated alkanes) is 1. The summed E-state index contributed by atoms with van der Waals surface area (Å²) >= 11 is 0. The number of likely N-dealkylation sites (tertiary alicyclic amines) is 1. The van der Waals surface area contributed by atoms with E-state index in [9.17, 15) is 116 Å². The standard InChI is InChI=1S/C66H104N20O24/c1-6-32(4)53(85-54(97)35(68)24-51(95)96)64(107)78-36(15-10-11-21-67)58(101)84-52(31(2)3)63(106)79-38(18-20-46(70)90)56(99)80-39(23-34-13-8-7-9-14-34)59(102)77-37(17-19-45(69)89)57(100)82-42(29-87)55(98)74-27-49(93)73-28-50(94)76-40(25-47(71)91)60(103)81-41(26-48(72)92)61(104)83-43(30-88)65(108)86-22-12-16-44(86)62(105)75-33(5)66(109)110/h7-9,13-14,31-33,35-44,52-53,87-88H,6,10-12,15-30,67-68H2,1-5H3,(H2,69,89)(H2,70,90)(H2,71,91)(H2,72,92)(H,73,93)(H,74,98)(H,75,105)(H,76,94)(H,77,102)(H,78,107)(H,79,106)(H,80,99)(H,81,103)(H,82,100)(H,83,104)(H,84,101)(H,85,97)(H,95,96)(H,109,110)/t32-,33-,35-,36-,37-,38-,39-,40-,41-,42-,43-,44-,52-,53-/m0/s1. The van der Waals surface area contributed by atoms with Crippen LogP contribution in [0.25, 0.3) is 0 Å². The number of nitrogens with two attached hydrogens (primary N) is 6. The van der Waals surface area contributed by atoms with Crippen LogP contribution in [0.15, 0.2) is 30.3 Å². The number of aliphatic hydroxyl groups excluding tert-OH is 2. The van der Waals surface area contributed by atoms with Gasteiger partial charge in [-0.1, -0.05) is 64.4 Å². The van der Waals surface area contributed by atoms with E-state index >= 15 is 0 Å². The average molecular weight is 1560 g/mol. The lowest BCUT2D eigenvalue weighted by Gasteiger charge is -2.30. The van der Waals surface area contributed by atoms with Gasteiger partial charge in [0.1, 0.15) is 72.5 Å². The van der Waals surface area contributed by atoms with Crippen molar-refractivity contribution in [1.82, 2.24) is 74.0 Å². The molecular weight excluding hydrogens is 1460 g/mol. The Labute approximate surface area is 631 Å². The lowest BCUT2D eigenvalue weighted by atomic mass is 9.96. The highest BCUT2D eigenvalue weighted by Crippen LogP contribution is 2.20. The minimum atomic E-state index is -1.97. The summed E-state index contributed by atoms with van der Waals surface area (Å²) in [5, 5.41) is 68.6. The molecule has 1 aliphatic rings. The summed E-state index contributed by atoms with van der Waals surface area (Å²) in [5.41, 5.74) is 33.4. The Bertz CT molecular complexity index is 3460. The van der Waals surface area contributed by atoms with Gasteiger partial charge >= 0.3 is 11.9 Å². The van der Waals surface area contributed by atoms with Crippen LogP contribution < -0.4 is 104 Å². The Morgan fingerprint density at radius 2 is 0.936 bits per heavy atom. The number of carbonyl (C=O) groups excluding carboxylic acids is 18. The fourth-order valence-electron chi connectivity index (χ4n) is 10.7. The number of hydrogen-bond acceptors (Lipinski definition) is 24. The lowest BCUT2D eigenvalue weighted by Crippen LogP contribution is -2.61. The fourth-order valence-corrected chi connectivity index (χ4v) is 10.7. The number of carboxylic acids is 2. The van der Waals surface area contributed by atoms with E-state index in [-0.39, 0.29) is 45.2 Å². The highest BCUT2D eigenvalue weighted by atomic mass is 16.4. The van der Waals surface area contributed by atoms with E-state index in [2.05, 4.69) is 69.1 Å². The number of hydrogen-bond donors (Lipinski definition) is 23. The van der Waals surface area contributed by atoms with Crippen molar-refractivity contribution >= 4 is 118 Å². The first kappa shape index (κ1) is 94.5. The summed E-state index contributed by atoms with van der Waals surface area (Å²) < 4.78 is 0.